The second-order valence-electron chi connectivity index (χ2n) is 4.82. The van der Waals surface area contributed by atoms with Gasteiger partial charge >= 0.3 is 0 Å². The van der Waals surface area contributed by atoms with E-state index in [1.165, 1.54) is 0 Å². The first kappa shape index (κ1) is 15.4. The molecule has 0 spiro atoms. The Bertz CT molecular complexity index is 711. The number of nitrogens with two attached hydrogens (primary N) is 1. The molecule has 0 aromatic heterocycles. The second kappa shape index (κ2) is 6.63. The Kier molecular flexibility index (Phi) is 4.85. The van der Waals surface area contributed by atoms with Crippen molar-refractivity contribution in [1.82, 2.24) is 0 Å². The number of benzene rings is 2. The van der Waals surface area contributed by atoms with Crippen LogP contribution in [0.15, 0.2) is 53.4 Å². The monoisotopic (exact) mass is 305 g/mol. The molecule has 0 aliphatic carbocycles. The maximum Gasteiger partial charge on any atom is 0.178 e. The number of hydrogen-bond acceptors (Lipinski definition) is 4. The van der Waals surface area contributed by atoms with Crippen molar-refractivity contribution >= 4 is 15.5 Å². The summed E-state index contributed by atoms with van der Waals surface area (Å²) in [6, 6.07) is 14.2. The number of nitrogen functional groups attached to an aromatic ring is 1. The van der Waals surface area contributed by atoms with Gasteiger partial charge < -0.3 is 10.5 Å². The van der Waals surface area contributed by atoms with Crippen molar-refractivity contribution in [2.24, 2.45) is 0 Å². The van der Waals surface area contributed by atoms with Gasteiger partial charge in [0.1, 0.15) is 5.75 Å². The summed E-state index contributed by atoms with van der Waals surface area (Å²) >= 11 is 0. The van der Waals surface area contributed by atoms with Crippen LogP contribution < -0.4 is 10.5 Å². The molecule has 0 fully saturated rings. The third kappa shape index (κ3) is 3.98. The first-order chi connectivity index (χ1) is 10.0. The highest BCUT2D eigenvalue weighted by Crippen LogP contribution is 2.20. The minimum Gasteiger partial charge on any atom is -0.491 e. The molecule has 112 valence electrons. The smallest absolute Gasteiger partial charge is 0.178 e. The summed E-state index contributed by atoms with van der Waals surface area (Å²) in [6.45, 7) is 2.12. The van der Waals surface area contributed by atoms with E-state index in [9.17, 15) is 8.42 Å². The normalized spacial score (nSPS) is 11.3. The van der Waals surface area contributed by atoms with Crippen LogP contribution in [-0.4, -0.2) is 20.8 Å². The minimum absolute atomic E-state index is 0.0601. The van der Waals surface area contributed by atoms with Gasteiger partial charge in [-0.3, -0.25) is 0 Å². The van der Waals surface area contributed by atoms with Crippen molar-refractivity contribution in [3.8, 4) is 5.75 Å². The van der Waals surface area contributed by atoms with Crippen LogP contribution >= 0.6 is 0 Å². The van der Waals surface area contributed by atoms with Crippen molar-refractivity contribution < 1.29 is 13.2 Å². The lowest BCUT2D eigenvalue weighted by molar-refractivity contribution is 0.319. The van der Waals surface area contributed by atoms with E-state index in [4.69, 9.17) is 10.5 Å². The first-order valence-electron chi connectivity index (χ1n) is 6.76. The SMILES string of the molecule is Cc1ccccc1S(=O)(=O)CCCOc1ccccc1N. The van der Waals surface area contributed by atoms with Gasteiger partial charge in [0.2, 0.25) is 0 Å². The van der Waals surface area contributed by atoms with Crippen LogP contribution in [0.5, 0.6) is 5.75 Å². The Morgan fingerprint density at radius 1 is 1.05 bits per heavy atom. The molecular formula is C16H19NO3S. The molecule has 2 N–H and O–H groups in total. The fraction of sp³-hybridized carbons (Fsp3) is 0.250. The molecule has 0 unspecified atom stereocenters. The largest absolute Gasteiger partial charge is 0.491 e. The third-order valence-electron chi connectivity index (χ3n) is 3.16. The van der Waals surface area contributed by atoms with Gasteiger partial charge in [-0.05, 0) is 37.1 Å². The summed E-state index contributed by atoms with van der Waals surface area (Å²) in [4.78, 5) is 0.393. The molecule has 0 bridgehead atoms. The zero-order valence-electron chi connectivity index (χ0n) is 12.0. The van der Waals surface area contributed by atoms with Gasteiger partial charge in [0, 0.05) is 0 Å². The molecule has 5 heteroatoms. The van der Waals surface area contributed by atoms with Gasteiger partial charge in [0.25, 0.3) is 0 Å². The Hall–Kier alpha value is -2.01. The van der Waals surface area contributed by atoms with E-state index >= 15 is 0 Å². The van der Waals surface area contributed by atoms with Crippen LogP contribution in [0.4, 0.5) is 5.69 Å². The molecule has 2 rings (SSSR count). The molecule has 0 atom stereocenters. The number of ether oxygens (including phenoxy) is 1. The Labute approximate surface area is 125 Å². The maximum atomic E-state index is 12.3. The molecule has 0 aliphatic rings. The molecular weight excluding hydrogens is 286 g/mol. The van der Waals surface area contributed by atoms with Crippen molar-refractivity contribution in [2.75, 3.05) is 18.1 Å². The van der Waals surface area contributed by atoms with Crippen LogP contribution in [0.2, 0.25) is 0 Å². The standard InChI is InChI=1S/C16H19NO3S/c1-13-7-2-5-10-16(13)21(18,19)12-6-11-20-15-9-4-3-8-14(15)17/h2-5,7-10H,6,11-12,17H2,1H3. The Balaban J connectivity index is 1.92. The van der Waals surface area contributed by atoms with E-state index in [0.717, 1.165) is 5.56 Å². The van der Waals surface area contributed by atoms with Crippen LogP contribution in [0.1, 0.15) is 12.0 Å². The molecule has 0 saturated carbocycles. The quantitative estimate of drug-likeness (QED) is 0.658. The maximum absolute atomic E-state index is 12.3. The average Bonchev–Trinajstić information content (AvgIpc) is 2.45. The molecule has 0 radical (unpaired) electrons. The molecule has 21 heavy (non-hydrogen) atoms. The van der Waals surface area contributed by atoms with Crippen molar-refractivity contribution in [2.45, 2.75) is 18.2 Å². The molecule has 0 saturated heterocycles. The first-order valence-corrected chi connectivity index (χ1v) is 8.41. The van der Waals surface area contributed by atoms with E-state index in [1.807, 2.05) is 18.2 Å². The number of hydrogen-bond donors (Lipinski definition) is 1. The Morgan fingerprint density at radius 3 is 2.43 bits per heavy atom. The van der Waals surface area contributed by atoms with Gasteiger partial charge in [-0.25, -0.2) is 8.42 Å². The third-order valence-corrected chi connectivity index (χ3v) is 5.12. The number of rotatable bonds is 6. The summed E-state index contributed by atoms with van der Waals surface area (Å²) in [5, 5.41) is 0. The van der Waals surface area contributed by atoms with Crippen molar-refractivity contribution in [3.63, 3.8) is 0 Å². The van der Waals surface area contributed by atoms with E-state index in [-0.39, 0.29) is 5.75 Å². The van der Waals surface area contributed by atoms with Crippen LogP contribution in [0, 0.1) is 6.92 Å². The predicted octanol–water partition coefficient (Wildman–Crippen LogP) is 2.82. The number of sulfone groups is 1. The number of aryl methyl sites for hydroxylation is 1. The molecule has 0 amide bonds. The Morgan fingerprint density at radius 2 is 1.71 bits per heavy atom. The summed E-state index contributed by atoms with van der Waals surface area (Å²) in [5.74, 6) is 0.649. The molecule has 2 aromatic rings. The summed E-state index contributed by atoms with van der Waals surface area (Å²) < 4.78 is 30.0. The van der Waals surface area contributed by atoms with Gasteiger partial charge in [0.05, 0.1) is 22.9 Å². The number of anilines is 1. The number of para-hydroxylation sites is 2. The summed E-state index contributed by atoms with van der Waals surface area (Å²) in [6.07, 6.45) is 0.422. The fourth-order valence-corrected chi connectivity index (χ4v) is 3.62. The van der Waals surface area contributed by atoms with Gasteiger partial charge in [-0.1, -0.05) is 30.3 Å². The van der Waals surface area contributed by atoms with Crippen LogP contribution in [0.25, 0.3) is 0 Å². The van der Waals surface area contributed by atoms with E-state index in [1.54, 1.807) is 37.3 Å². The molecule has 2 aromatic carbocycles. The lowest BCUT2D eigenvalue weighted by Gasteiger charge is -2.10. The van der Waals surface area contributed by atoms with Crippen molar-refractivity contribution in [1.29, 1.82) is 0 Å². The van der Waals surface area contributed by atoms with Gasteiger partial charge in [-0.15, -0.1) is 0 Å². The zero-order valence-corrected chi connectivity index (χ0v) is 12.8. The fourth-order valence-electron chi connectivity index (χ4n) is 2.06. The molecule has 0 heterocycles. The highest BCUT2D eigenvalue weighted by atomic mass is 32.2. The van der Waals surface area contributed by atoms with E-state index < -0.39 is 9.84 Å². The molecule has 4 nitrogen and oxygen atoms in total. The minimum atomic E-state index is -3.27. The van der Waals surface area contributed by atoms with E-state index in [0.29, 0.717) is 29.4 Å². The van der Waals surface area contributed by atoms with E-state index in [2.05, 4.69) is 0 Å². The summed E-state index contributed by atoms with van der Waals surface area (Å²) in [7, 11) is -3.27. The second-order valence-corrected chi connectivity index (χ2v) is 6.90. The lowest BCUT2D eigenvalue weighted by atomic mass is 10.2. The zero-order chi connectivity index (χ0) is 15.3. The lowest BCUT2D eigenvalue weighted by Crippen LogP contribution is -2.12. The topological polar surface area (TPSA) is 69.4 Å². The van der Waals surface area contributed by atoms with Gasteiger partial charge in [-0.2, -0.15) is 0 Å². The predicted molar refractivity (Wildman–Crippen MR) is 84.2 cm³/mol. The molecule has 0 aliphatic heterocycles. The average molecular weight is 305 g/mol. The highest BCUT2D eigenvalue weighted by molar-refractivity contribution is 7.91. The van der Waals surface area contributed by atoms with Crippen molar-refractivity contribution in [3.05, 3.63) is 54.1 Å². The summed E-state index contributed by atoms with van der Waals surface area (Å²) in [5.41, 5.74) is 7.08. The van der Waals surface area contributed by atoms with Crippen LogP contribution in [-0.2, 0) is 9.84 Å². The van der Waals surface area contributed by atoms with Gasteiger partial charge in [0.15, 0.2) is 9.84 Å². The highest BCUT2D eigenvalue weighted by Gasteiger charge is 2.16. The van der Waals surface area contributed by atoms with Crippen LogP contribution in [0.3, 0.4) is 0 Å².